The highest BCUT2D eigenvalue weighted by molar-refractivity contribution is 5.70. The van der Waals surface area contributed by atoms with Crippen LogP contribution in [-0.2, 0) is 4.74 Å². The Morgan fingerprint density at radius 3 is 2.07 bits per heavy atom. The Balaban J connectivity index is 1.77. The number of aliphatic hydroxyl groups excluding tert-OH is 1. The van der Waals surface area contributed by atoms with E-state index in [2.05, 4.69) is 0 Å². The molecule has 0 aromatic heterocycles. The maximum absolute atomic E-state index is 12.9. The summed E-state index contributed by atoms with van der Waals surface area (Å²) in [6.07, 6.45) is -3.35. The second-order valence-electron chi connectivity index (χ2n) is 6.96. The molecular weight excluding hydrogens is 374 g/mol. The fourth-order valence-electron chi connectivity index (χ4n) is 3.51. The highest BCUT2D eigenvalue weighted by atomic mass is 16.6. The van der Waals surface area contributed by atoms with E-state index >= 15 is 0 Å². The lowest BCUT2D eigenvalue weighted by molar-refractivity contribution is 0.0240. The van der Waals surface area contributed by atoms with E-state index < -0.39 is 30.6 Å². The predicted octanol–water partition coefficient (Wildman–Crippen LogP) is 2.24. The van der Waals surface area contributed by atoms with Crippen molar-refractivity contribution in [1.29, 1.82) is 0 Å². The van der Waals surface area contributed by atoms with Crippen LogP contribution >= 0.6 is 0 Å². The van der Waals surface area contributed by atoms with Crippen molar-refractivity contribution in [3.05, 3.63) is 71.8 Å². The van der Waals surface area contributed by atoms with Gasteiger partial charge in [-0.3, -0.25) is 0 Å². The summed E-state index contributed by atoms with van der Waals surface area (Å²) >= 11 is 0. The lowest BCUT2D eigenvalue weighted by Gasteiger charge is -2.40. The summed E-state index contributed by atoms with van der Waals surface area (Å²) in [4.78, 5) is 27.0. The number of rotatable bonds is 5. The van der Waals surface area contributed by atoms with Crippen molar-refractivity contribution in [1.82, 2.24) is 9.80 Å². The molecule has 2 aromatic carbocycles. The number of ether oxygens (including phenoxy) is 1. The van der Waals surface area contributed by atoms with Crippen LogP contribution in [0.2, 0.25) is 0 Å². The number of carbonyl (C=O) groups excluding carboxylic acids is 1. The van der Waals surface area contributed by atoms with Gasteiger partial charge in [-0.2, -0.15) is 0 Å². The summed E-state index contributed by atoms with van der Waals surface area (Å²) in [7, 11) is 0. The number of nitrogens with zero attached hydrogens (tertiary/aromatic N) is 2. The second kappa shape index (κ2) is 9.40. The Morgan fingerprint density at radius 2 is 1.59 bits per heavy atom. The van der Waals surface area contributed by atoms with Gasteiger partial charge in [0.1, 0.15) is 6.23 Å². The van der Waals surface area contributed by atoms with Crippen LogP contribution in [0.5, 0.6) is 0 Å². The topological polar surface area (TPSA) is 116 Å². The van der Waals surface area contributed by atoms with E-state index in [9.17, 15) is 19.8 Å². The minimum atomic E-state index is -1.17. The van der Waals surface area contributed by atoms with E-state index in [-0.39, 0.29) is 26.1 Å². The average molecular weight is 399 g/mol. The number of hydrogen-bond donors (Lipinski definition) is 3. The fourth-order valence-corrected chi connectivity index (χ4v) is 3.51. The molecule has 1 saturated heterocycles. The molecule has 3 rings (SSSR count). The SMILES string of the molecule is NC(O)CC1CN(C(=O)OC(c2ccccc2)c2ccccc2)CCN1C(=O)O. The van der Waals surface area contributed by atoms with Gasteiger partial charge < -0.3 is 30.5 Å². The summed E-state index contributed by atoms with van der Waals surface area (Å²) in [5, 5.41) is 18.9. The van der Waals surface area contributed by atoms with Gasteiger partial charge in [0, 0.05) is 26.1 Å². The number of amides is 2. The monoisotopic (exact) mass is 399 g/mol. The summed E-state index contributed by atoms with van der Waals surface area (Å²) in [6.45, 7) is 0.442. The molecule has 0 aliphatic carbocycles. The molecule has 2 atom stereocenters. The highest BCUT2D eigenvalue weighted by Crippen LogP contribution is 2.27. The van der Waals surface area contributed by atoms with Gasteiger partial charge in [-0.1, -0.05) is 60.7 Å². The maximum Gasteiger partial charge on any atom is 0.410 e. The molecular formula is C21H25N3O5. The first-order valence-corrected chi connectivity index (χ1v) is 9.44. The number of aliphatic hydroxyl groups is 1. The van der Waals surface area contributed by atoms with Gasteiger partial charge in [0.05, 0.1) is 6.04 Å². The lowest BCUT2D eigenvalue weighted by Crippen LogP contribution is -2.57. The molecule has 1 fully saturated rings. The van der Waals surface area contributed by atoms with Crippen molar-refractivity contribution in [3.63, 3.8) is 0 Å². The molecule has 8 heteroatoms. The number of carboxylic acid groups (broad SMARTS) is 1. The van der Waals surface area contributed by atoms with Gasteiger partial charge in [-0.05, 0) is 11.1 Å². The summed E-state index contributed by atoms with van der Waals surface area (Å²) in [6, 6.07) is 18.3. The molecule has 2 amide bonds. The van der Waals surface area contributed by atoms with Gasteiger partial charge in [0.2, 0.25) is 0 Å². The summed E-state index contributed by atoms with van der Waals surface area (Å²) in [5.41, 5.74) is 7.12. The Labute approximate surface area is 169 Å². The minimum Gasteiger partial charge on any atom is -0.465 e. The Morgan fingerprint density at radius 1 is 1.03 bits per heavy atom. The Bertz CT molecular complexity index is 776. The molecule has 8 nitrogen and oxygen atoms in total. The molecule has 0 saturated carbocycles. The molecule has 0 spiro atoms. The third-order valence-electron chi connectivity index (χ3n) is 4.92. The van der Waals surface area contributed by atoms with Crippen LogP contribution in [0.4, 0.5) is 9.59 Å². The largest absolute Gasteiger partial charge is 0.465 e. The maximum atomic E-state index is 12.9. The average Bonchev–Trinajstić information content (AvgIpc) is 2.72. The number of piperazine rings is 1. The van der Waals surface area contributed by atoms with Crippen molar-refractivity contribution in [2.75, 3.05) is 19.6 Å². The first-order chi connectivity index (χ1) is 14.0. The zero-order valence-corrected chi connectivity index (χ0v) is 15.9. The number of nitrogens with two attached hydrogens (primary N) is 1. The Kier molecular flexibility index (Phi) is 6.69. The van der Waals surface area contributed by atoms with Gasteiger partial charge in [-0.15, -0.1) is 0 Å². The zero-order chi connectivity index (χ0) is 20.8. The van der Waals surface area contributed by atoms with Crippen LogP contribution in [0, 0.1) is 0 Å². The molecule has 154 valence electrons. The lowest BCUT2D eigenvalue weighted by atomic mass is 10.0. The third kappa shape index (κ3) is 5.24. The van der Waals surface area contributed by atoms with Crippen LogP contribution in [0.3, 0.4) is 0 Å². The Hall–Kier alpha value is -3.10. The van der Waals surface area contributed by atoms with Gasteiger partial charge in [0.15, 0.2) is 6.10 Å². The quantitative estimate of drug-likeness (QED) is 0.664. The second-order valence-corrected chi connectivity index (χ2v) is 6.96. The molecule has 1 aliphatic rings. The predicted molar refractivity (Wildman–Crippen MR) is 106 cm³/mol. The normalized spacial score (nSPS) is 17.8. The molecule has 29 heavy (non-hydrogen) atoms. The molecule has 0 radical (unpaired) electrons. The van der Waals surface area contributed by atoms with Gasteiger partial charge in [-0.25, -0.2) is 9.59 Å². The molecule has 1 aliphatic heterocycles. The van der Waals surface area contributed by atoms with E-state index in [1.165, 1.54) is 9.80 Å². The third-order valence-corrected chi connectivity index (χ3v) is 4.92. The first kappa shape index (κ1) is 20.6. The van der Waals surface area contributed by atoms with Crippen LogP contribution in [-0.4, -0.2) is 64.1 Å². The van der Waals surface area contributed by atoms with E-state index in [1.807, 2.05) is 60.7 Å². The highest BCUT2D eigenvalue weighted by Gasteiger charge is 2.34. The van der Waals surface area contributed by atoms with Crippen LogP contribution in [0.15, 0.2) is 60.7 Å². The van der Waals surface area contributed by atoms with Gasteiger partial charge >= 0.3 is 12.2 Å². The van der Waals surface area contributed by atoms with E-state index in [1.54, 1.807) is 0 Å². The summed E-state index contributed by atoms with van der Waals surface area (Å²) < 4.78 is 5.84. The molecule has 1 heterocycles. The van der Waals surface area contributed by atoms with Crippen LogP contribution < -0.4 is 5.73 Å². The van der Waals surface area contributed by atoms with Crippen molar-refractivity contribution in [3.8, 4) is 0 Å². The molecule has 4 N–H and O–H groups in total. The number of carbonyl (C=O) groups is 2. The van der Waals surface area contributed by atoms with Crippen molar-refractivity contribution < 1.29 is 24.5 Å². The smallest absolute Gasteiger partial charge is 0.410 e. The molecule has 0 bridgehead atoms. The van der Waals surface area contributed by atoms with E-state index in [0.717, 1.165) is 11.1 Å². The van der Waals surface area contributed by atoms with Crippen molar-refractivity contribution in [2.45, 2.75) is 24.8 Å². The van der Waals surface area contributed by atoms with Crippen molar-refractivity contribution >= 4 is 12.2 Å². The van der Waals surface area contributed by atoms with E-state index in [4.69, 9.17) is 10.5 Å². The van der Waals surface area contributed by atoms with Crippen molar-refractivity contribution in [2.24, 2.45) is 5.73 Å². The number of hydrogen-bond acceptors (Lipinski definition) is 5. The standard InChI is InChI=1S/C21H25N3O5/c22-18(25)13-17-14-23(11-12-24(17)20(26)27)21(28)29-19(15-7-3-1-4-8-15)16-9-5-2-6-10-16/h1-10,17-19,25H,11-14,22H2,(H,26,27). The zero-order valence-electron chi connectivity index (χ0n) is 15.9. The van der Waals surface area contributed by atoms with E-state index in [0.29, 0.717) is 0 Å². The fraction of sp³-hybridized carbons (Fsp3) is 0.333. The molecule has 2 aromatic rings. The first-order valence-electron chi connectivity index (χ1n) is 9.44. The molecule has 2 unspecified atom stereocenters. The van der Waals surface area contributed by atoms with Crippen LogP contribution in [0.25, 0.3) is 0 Å². The number of benzene rings is 2. The van der Waals surface area contributed by atoms with Gasteiger partial charge in [0.25, 0.3) is 0 Å². The summed E-state index contributed by atoms with van der Waals surface area (Å²) in [5.74, 6) is 0. The minimum absolute atomic E-state index is 0.0386. The van der Waals surface area contributed by atoms with Crippen LogP contribution in [0.1, 0.15) is 23.7 Å².